The van der Waals surface area contributed by atoms with Gasteiger partial charge in [0.2, 0.25) is 5.91 Å². The van der Waals surface area contributed by atoms with Gasteiger partial charge in [0.25, 0.3) is 12.3 Å². The standard InChI is InChI=1S/C19H14ClF3N2O2/c20-13-4-1-9(21)7-12(13)18-11-2-5-14-10(17(11)19(27)24-18)3-6-16(26)25(14)8-15(22)23/h1-2,4-5,7,15,18H,3,6,8H2,(H,24,27). The Morgan fingerprint density at radius 1 is 1.15 bits per heavy atom. The van der Waals surface area contributed by atoms with Gasteiger partial charge in [-0.1, -0.05) is 17.7 Å². The third-order valence-corrected chi connectivity index (χ3v) is 5.25. The van der Waals surface area contributed by atoms with E-state index in [0.717, 1.165) is 4.90 Å². The number of anilines is 1. The number of nitrogens with one attached hydrogen (secondary N) is 1. The first-order valence-corrected chi connectivity index (χ1v) is 8.74. The predicted molar refractivity (Wildman–Crippen MR) is 93.8 cm³/mol. The number of rotatable bonds is 3. The molecule has 4 nitrogen and oxygen atoms in total. The van der Waals surface area contributed by atoms with Gasteiger partial charge in [-0.25, -0.2) is 13.2 Å². The van der Waals surface area contributed by atoms with Crippen LogP contribution >= 0.6 is 11.6 Å². The van der Waals surface area contributed by atoms with Gasteiger partial charge in [0.1, 0.15) is 5.82 Å². The van der Waals surface area contributed by atoms with Gasteiger partial charge in [-0.3, -0.25) is 9.59 Å². The van der Waals surface area contributed by atoms with E-state index < -0.39 is 36.6 Å². The maximum Gasteiger partial charge on any atom is 0.256 e. The summed E-state index contributed by atoms with van der Waals surface area (Å²) in [5.41, 5.74) is 2.24. The first-order chi connectivity index (χ1) is 12.9. The van der Waals surface area contributed by atoms with E-state index in [4.69, 9.17) is 11.6 Å². The molecule has 2 aromatic rings. The first kappa shape index (κ1) is 17.9. The van der Waals surface area contributed by atoms with E-state index in [0.29, 0.717) is 33.0 Å². The quantitative estimate of drug-likeness (QED) is 0.859. The summed E-state index contributed by atoms with van der Waals surface area (Å²) < 4.78 is 39.4. The highest BCUT2D eigenvalue weighted by molar-refractivity contribution is 6.31. The Balaban J connectivity index is 1.83. The highest BCUT2D eigenvalue weighted by Gasteiger charge is 2.37. The van der Waals surface area contributed by atoms with Gasteiger partial charge in [-0.15, -0.1) is 0 Å². The summed E-state index contributed by atoms with van der Waals surface area (Å²) >= 11 is 6.18. The fraction of sp³-hybridized carbons (Fsp3) is 0.263. The van der Waals surface area contributed by atoms with Crippen molar-refractivity contribution in [3.05, 3.63) is 63.4 Å². The maximum atomic E-state index is 13.7. The van der Waals surface area contributed by atoms with Crippen LogP contribution in [0.15, 0.2) is 30.3 Å². The van der Waals surface area contributed by atoms with E-state index in [9.17, 15) is 22.8 Å². The van der Waals surface area contributed by atoms with Crippen molar-refractivity contribution < 1.29 is 22.8 Å². The molecule has 2 heterocycles. The molecule has 1 atom stereocenters. The van der Waals surface area contributed by atoms with Crippen molar-refractivity contribution in [2.75, 3.05) is 11.4 Å². The number of fused-ring (bicyclic) bond motifs is 3. The van der Waals surface area contributed by atoms with Gasteiger partial charge >= 0.3 is 0 Å². The Bertz CT molecular complexity index is 964. The molecule has 0 saturated heterocycles. The van der Waals surface area contributed by atoms with Crippen LogP contribution in [0.2, 0.25) is 5.02 Å². The van der Waals surface area contributed by atoms with E-state index in [1.54, 1.807) is 12.1 Å². The second-order valence-electron chi connectivity index (χ2n) is 6.50. The molecule has 2 amide bonds. The molecule has 0 radical (unpaired) electrons. The highest BCUT2D eigenvalue weighted by Crippen LogP contribution is 2.41. The predicted octanol–water partition coefficient (Wildman–Crippen LogP) is 3.86. The van der Waals surface area contributed by atoms with Crippen LogP contribution < -0.4 is 10.2 Å². The third kappa shape index (κ3) is 2.96. The van der Waals surface area contributed by atoms with Crippen molar-refractivity contribution in [1.29, 1.82) is 0 Å². The number of carbonyl (C=O) groups excluding carboxylic acids is 2. The van der Waals surface area contributed by atoms with Crippen LogP contribution in [0.4, 0.5) is 18.9 Å². The normalized spacial score (nSPS) is 18.6. The summed E-state index contributed by atoms with van der Waals surface area (Å²) in [4.78, 5) is 25.7. The first-order valence-electron chi connectivity index (χ1n) is 8.37. The van der Waals surface area contributed by atoms with Gasteiger partial charge in [-0.05, 0) is 41.8 Å². The largest absolute Gasteiger partial charge is 0.341 e. The maximum absolute atomic E-state index is 13.7. The molecule has 1 N–H and O–H groups in total. The van der Waals surface area contributed by atoms with Crippen LogP contribution in [0.1, 0.15) is 39.5 Å². The Morgan fingerprint density at radius 2 is 1.93 bits per heavy atom. The third-order valence-electron chi connectivity index (χ3n) is 4.90. The van der Waals surface area contributed by atoms with Crippen molar-refractivity contribution in [3.63, 3.8) is 0 Å². The molecule has 2 aliphatic rings. The van der Waals surface area contributed by atoms with Gasteiger partial charge in [0.05, 0.1) is 18.2 Å². The average molecular weight is 395 g/mol. The molecule has 0 aliphatic carbocycles. The van der Waals surface area contributed by atoms with E-state index in [2.05, 4.69) is 5.32 Å². The molecule has 2 aromatic carbocycles. The number of hydrogen-bond donors (Lipinski definition) is 1. The Kier molecular flexibility index (Phi) is 4.34. The SMILES string of the molecule is O=C1NC(c2cc(F)ccc2Cl)c2ccc3c(c21)CCC(=O)N3CC(F)F. The average Bonchev–Trinajstić information content (AvgIpc) is 2.96. The lowest BCUT2D eigenvalue weighted by atomic mass is 9.90. The Hall–Kier alpha value is -2.54. The summed E-state index contributed by atoms with van der Waals surface area (Å²) in [6.45, 7) is -0.717. The van der Waals surface area contributed by atoms with Crippen LogP contribution in [0.25, 0.3) is 0 Å². The zero-order valence-electron chi connectivity index (χ0n) is 13.9. The van der Waals surface area contributed by atoms with Crippen LogP contribution in [0, 0.1) is 5.82 Å². The van der Waals surface area contributed by atoms with Crippen LogP contribution in [-0.2, 0) is 11.2 Å². The molecule has 0 fully saturated rings. The molecular weight excluding hydrogens is 381 g/mol. The fourth-order valence-corrected chi connectivity index (χ4v) is 4.00. The summed E-state index contributed by atoms with van der Waals surface area (Å²) in [6, 6.07) is 6.43. The van der Waals surface area contributed by atoms with Crippen LogP contribution in [0.3, 0.4) is 0 Å². The van der Waals surface area contributed by atoms with Gasteiger partial charge in [0.15, 0.2) is 0 Å². The molecule has 27 heavy (non-hydrogen) atoms. The molecule has 0 bridgehead atoms. The molecule has 0 spiro atoms. The summed E-state index contributed by atoms with van der Waals surface area (Å²) in [7, 11) is 0. The van der Waals surface area contributed by atoms with Crippen LogP contribution in [-0.4, -0.2) is 24.8 Å². The molecule has 4 rings (SSSR count). The second-order valence-corrected chi connectivity index (χ2v) is 6.90. The van der Waals surface area contributed by atoms with E-state index in [-0.39, 0.29) is 12.8 Å². The van der Waals surface area contributed by atoms with Crippen molar-refractivity contribution in [2.45, 2.75) is 25.3 Å². The second kappa shape index (κ2) is 6.56. The smallest absolute Gasteiger partial charge is 0.256 e. The molecule has 1 unspecified atom stereocenters. The van der Waals surface area contributed by atoms with Crippen molar-refractivity contribution in [3.8, 4) is 0 Å². The molecule has 2 aliphatic heterocycles. The van der Waals surface area contributed by atoms with Gasteiger partial charge in [-0.2, -0.15) is 0 Å². The molecule has 0 saturated carbocycles. The summed E-state index contributed by atoms with van der Waals surface area (Å²) in [5, 5.41) is 3.09. The van der Waals surface area contributed by atoms with Gasteiger partial charge < -0.3 is 10.2 Å². The molecular formula is C19H14ClF3N2O2. The molecule has 140 valence electrons. The molecule has 0 aromatic heterocycles. The van der Waals surface area contributed by atoms with Gasteiger partial charge in [0, 0.05) is 22.7 Å². The number of nitrogens with zero attached hydrogens (tertiary/aromatic N) is 1. The lowest BCUT2D eigenvalue weighted by Gasteiger charge is -2.30. The lowest BCUT2D eigenvalue weighted by Crippen LogP contribution is -2.39. The Labute approximate surface area is 157 Å². The van der Waals surface area contributed by atoms with Crippen LogP contribution in [0.5, 0.6) is 0 Å². The summed E-state index contributed by atoms with van der Waals surface area (Å²) in [5.74, 6) is -1.27. The van der Waals surface area contributed by atoms with Crippen molar-refractivity contribution >= 4 is 29.1 Å². The number of benzene rings is 2. The lowest BCUT2D eigenvalue weighted by molar-refractivity contribution is -0.119. The van der Waals surface area contributed by atoms with Crippen molar-refractivity contribution in [1.82, 2.24) is 5.32 Å². The topological polar surface area (TPSA) is 49.4 Å². The number of amides is 2. The molecule has 8 heteroatoms. The minimum Gasteiger partial charge on any atom is -0.341 e. The Morgan fingerprint density at radius 3 is 2.67 bits per heavy atom. The van der Waals surface area contributed by atoms with E-state index in [1.807, 2.05) is 0 Å². The highest BCUT2D eigenvalue weighted by atomic mass is 35.5. The number of halogens is 4. The monoisotopic (exact) mass is 394 g/mol. The number of hydrogen-bond acceptors (Lipinski definition) is 2. The van der Waals surface area contributed by atoms with E-state index in [1.165, 1.54) is 18.2 Å². The number of alkyl halides is 2. The minimum atomic E-state index is -2.68. The van der Waals surface area contributed by atoms with E-state index >= 15 is 0 Å². The fourth-order valence-electron chi connectivity index (χ4n) is 3.77. The zero-order valence-corrected chi connectivity index (χ0v) is 14.7. The summed E-state index contributed by atoms with van der Waals surface area (Å²) in [6.07, 6.45) is -2.34. The zero-order chi connectivity index (χ0) is 19.3. The minimum absolute atomic E-state index is 0.0504. The number of carbonyl (C=O) groups is 2. The van der Waals surface area contributed by atoms with Crippen molar-refractivity contribution in [2.24, 2.45) is 0 Å².